The van der Waals surface area contributed by atoms with Crippen LogP contribution in [0, 0.1) is 0 Å². The van der Waals surface area contributed by atoms with E-state index in [-0.39, 0.29) is 11.8 Å². The Morgan fingerprint density at radius 1 is 1.53 bits per heavy atom. The lowest BCUT2D eigenvalue weighted by atomic mass is 10.1. The number of pyridine rings is 1. The summed E-state index contributed by atoms with van der Waals surface area (Å²) < 4.78 is 0.760. The molecule has 1 aliphatic heterocycles. The third-order valence-corrected chi connectivity index (χ3v) is 3.08. The van der Waals surface area contributed by atoms with Gasteiger partial charge in [0, 0.05) is 17.1 Å². The smallest absolute Gasteiger partial charge is 0.249 e. The first-order valence-corrected chi connectivity index (χ1v) is 6.14. The Labute approximate surface area is 111 Å². The van der Waals surface area contributed by atoms with Crippen molar-refractivity contribution in [3.05, 3.63) is 21.8 Å². The van der Waals surface area contributed by atoms with E-state index in [4.69, 9.17) is 11.6 Å². The summed E-state index contributed by atoms with van der Waals surface area (Å²) in [5.74, 6) is -0.158. The quantitative estimate of drug-likeness (QED) is 0.815. The number of hydrogen-bond donors (Lipinski definition) is 2. The molecule has 0 saturated carbocycles. The molecule has 0 radical (unpaired) electrons. The van der Waals surface area contributed by atoms with Crippen molar-refractivity contribution in [1.29, 1.82) is 0 Å². The van der Waals surface area contributed by atoms with E-state index in [1.165, 1.54) is 0 Å². The van der Waals surface area contributed by atoms with Crippen LogP contribution < -0.4 is 10.6 Å². The molecule has 1 aliphatic rings. The number of halogens is 2. The van der Waals surface area contributed by atoms with Crippen molar-refractivity contribution >= 4 is 45.2 Å². The monoisotopic (exact) mass is 317 g/mol. The summed E-state index contributed by atoms with van der Waals surface area (Å²) in [6.07, 6.45) is 2.34. The zero-order valence-corrected chi connectivity index (χ0v) is 11.0. The lowest BCUT2D eigenvalue weighted by molar-refractivity contribution is -0.133. The van der Waals surface area contributed by atoms with Crippen molar-refractivity contribution in [3.63, 3.8) is 0 Å². The number of anilines is 1. The molecule has 0 bridgehead atoms. The van der Waals surface area contributed by atoms with Crippen LogP contribution in [0.1, 0.15) is 12.8 Å². The van der Waals surface area contributed by atoms with Crippen LogP contribution in [0.25, 0.3) is 0 Å². The number of nitrogens with zero attached hydrogens (tertiary/aromatic N) is 1. The van der Waals surface area contributed by atoms with Gasteiger partial charge in [-0.2, -0.15) is 0 Å². The van der Waals surface area contributed by atoms with Crippen LogP contribution in [0.5, 0.6) is 0 Å². The molecule has 1 atom stereocenters. The number of carbonyl (C=O) groups excluding carboxylic acids is 2. The lowest BCUT2D eigenvalue weighted by Crippen LogP contribution is -2.47. The van der Waals surface area contributed by atoms with Crippen molar-refractivity contribution in [2.45, 2.75) is 18.9 Å². The Balaban J connectivity index is 2.10. The third-order valence-electron chi connectivity index (χ3n) is 2.36. The first kappa shape index (κ1) is 12.3. The Morgan fingerprint density at radius 2 is 2.29 bits per heavy atom. The summed E-state index contributed by atoms with van der Waals surface area (Å²) in [6, 6.07) is 1.21. The van der Waals surface area contributed by atoms with Crippen LogP contribution >= 0.6 is 27.5 Å². The van der Waals surface area contributed by atoms with Gasteiger partial charge in [0.1, 0.15) is 11.9 Å². The highest BCUT2D eigenvalue weighted by atomic mass is 79.9. The normalized spacial score (nSPS) is 20.0. The Hall–Kier alpha value is -1.14. The highest BCUT2D eigenvalue weighted by Gasteiger charge is 2.27. The molecule has 0 aromatic carbocycles. The van der Waals surface area contributed by atoms with Gasteiger partial charge in [0.2, 0.25) is 11.8 Å². The van der Waals surface area contributed by atoms with Crippen LogP contribution in [0.4, 0.5) is 5.82 Å². The molecule has 2 amide bonds. The van der Waals surface area contributed by atoms with Gasteiger partial charge in [-0.15, -0.1) is 0 Å². The van der Waals surface area contributed by atoms with Crippen LogP contribution in [0.3, 0.4) is 0 Å². The first-order valence-electron chi connectivity index (χ1n) is 4.97. The van der Waals surface area contributed by atoms with E-state index in [0.717, 1.165) is 4.47 Å². The molecular weight excluding hydrogens is 309 g/mol. The SMILES string of the molecule is O=C1CCC(Nc2ncc(Br)cc2Cl)C(=O)N1. The zero-order chi connectivity index (χ0) is 12.4. The lowest BCUT2D eigenvalue weighted by Gasteiger charge is -2.22. The van der Waals surface area contributed by atoms with Crippen molar-refractivity contribution in [1.82, 2.24) is 10.3 Å². The predicted octanol–water partition coefficient (Wildman–Crippen LogP) is 1.71. The van der Waals surface area contributed by atoms with E-state index in [1.54, 1.807) is 12.3 Å². The molecule has 1 aromatic rings. The summed E-state index contributed by atoms with van der Waals surface area (Å²) >= 11 is 9.21. The fraction of sp³-hybridized carbons (Fsp3) is 0.300. The molecule has 0 spiro atoms. The van der Waals surface area contributed by atoms with Crippen molar-refractivity contribution in [3.8, 4) is 0 Å². The fourth-order valence-corrected chi connectivity index (χ4v) is 2.20. The van der Waals surface area contributed by atoms with Crippen LogP contribution in [0.15, 0.2) is 16.7 Å². The average molecular weight is 319 g/mol. The number of rotatable bonds is 2. The maximum Gasteiger partial charge on any atom is 0.249 e. The number of carbonyl (C=O) groups is 2. The highest BCUT2D eigenvalue weighted by molar-refractivity contribution is 9.10. The van der Waals surface area contributed by atoms with Crippen LogP contribution in [-0.2, 0) is 9.59 Å². The third kappa shape index (κ3) is 2.95. The molecule has 2 heterocycles. The predicted molar refractivity (Wildman–Crippen MR) is 66.7 cm³/mol. The van der Waals surface area contributed by atoms with Crippen LogP contribution in [-0.4, -0.2) is 22.8 Å². The first-order chi connectivity index (χ1) is 8.06. The second-order valence-corrected chi connectivity index (χ2v) is 4.95. The maximum absolute atomic E-state index is 11.5. The Bertz CT molecular complexity index is 481. The Kier molecular flexibility index (Phi) is 3.63. The maximum atomic E-state index is 11.5. The number of piperidine rings is 1. The Morgan fingerprint density at radius 3 is 2.94 bits per heavy atom. The van der Waals surface area contributed by atoms with Gasteiger partial charge >= 0.3 is 0 Å². The number of imide groups is 1. The number of hydrogen-bond acceptors (Lipinski definition) is 4. The second kappa shape index (κ2) is 5.01. The van der Waals surface area contributed by atoms with Gasteiger partial charge in [0.25, 0.3) is 0 Å². The minimum Gasteiger partial charge on any atom is -0.357 e. The molecule has 2 N–H and O–H groups in total. The summed E-state index contributed by atoms with van der Waals surface area (Å²) in [6.45, 7) is 0. The van der Waals surface area contributed by atoms with Gasteiger partial charge in [-0.25, -0.2) is 4.98 Å². The highest BCUT2D eigenvalue weighted by Crippen LogP contribution is 2.24. The molecule has 17 heavy (non-hydrogen) atoms. The van der Waals surface area contributed by atoms with Crippen LogP contribution in [0.2, 0.25) is 5.02 Å². The molecule has 1 saturated heterocycles. The van der Waals surface area contributed by atoms with E-state index in [2.05, 4.69) is 31.5 Å². The van der Waals surface area contributed by atoms with Gasteiger partial charge in [-0.1, -0.05) is 11.6 Å². The van der Waals surface area contributed by atoms with Gasteiger partial charge in [-0.05, 0) is 28.4 Å². The minimum absolute atomic E-state index is 0.247. The molecule has 7 heteroatoms. The van der Waals surface area contributed by atoms with Crippen molar-refractivity contribution < 1.29 is 9.59 Å². The van der Waals surface area contributed by atoms with E-state index < -0.39 is 6.04 Å². The average Bonchev–Trinajstić information content (AvgIpc) is 2.25. The topological polar surface area (TPSA) is 71.1 Å². The molecule has 5 nitrogen and oxygen atoms in total. The van der Waals surface area contributed by atoms with E-state index >= 15 is 0 Å². The largest absolute Gasteiger partial charge is 0.357 e. The number of nitrogens with one attached hydrogen (secondary N) is 2. The van der Waals surface area contributed by atoms with Gasteiger partial charge in [-0.3, -0.25) is 14.9 Å². The molecule has 1 unspecified atom stereocenters. The van der Waals surface area contributed by atoms with E-state index in [1.807, 2.05) is 0 Å². The molecule has 90 valence electrons. The number of aromatic nitrogens is 1. The van der Waals surface area contributed by atoms with E-state index in [9.17, 15) is 9.59 Å². The molecule has 1 aromatic heterocycles. The summed E-state index contributed by atoms with van der Waals surface area (Å²) in [7, 11) is 0. The summed E-state index contributed by atoms with van der Waals surface area (Å²) in [5, 5.41) is 5.60. The molecule has 1 fully saturated rings. The van der Waals surface area contributed by atoms with Gasteiger partial charge in [0.15, 0.2) is 0 Å². The van der Waals surface area contributed by atoms with Gasteiger partial charge < -0.3 is 5.32 Å². The molecular formula is C10H9BrClN3O2. The fourth-order valence-electron chi connectivity index (χ4n) is 1.52. The van der Waals surface area contributed by atoms with E-state index in [0.29, 0.717) is 23.7 Å². The van der Waals surface area contributed by atoms with Crippen molar-refractivity contribution in [2.24, 2.45) is 0 Å². The number of amides is 2. The van der Waals surface area contributed by atoms with Gasteiger partial charge in [0.05, 0.1) is 5.02 Å². The zero-order valence-electron chi connectivity index (χ0n) is 8.67. The summed E-state index contributed by atoms with van der Waals surface area (Å²) in [5.41, 5.74) is 0. The molecule has 0 aliphatic carbocycles. The van der Waals surface area contributed by atoms with Crippen molar-refractivity contribution in [2.75, 3.05) is 5.32 Å². The molecule has 2 rings (SSSR count). The summed E-state index contributed by atoms with van der Waals surface area (Å²) in [4.78, 5) is 26.6. The standard InChI is InChI=1S/C10H9BrClN3O2/c11-5-3-6(12)9(13-4-5)14-7-1-2-8(16)15-10(7)17/h3-4,7H,1-2H2,(H,13,14)(H,15,16,17). The second-order valence-electron chi connectivity index (χ2n) is 3.63. The minimum atomic E-state index is -0.473.